The molecule has 5 heteroatoms. The molecule has 1 aromatic carbocycles. The van der Waals surface area contributed by atoms with Gasteiger partial charge < -0.3 is 14.2 Å². The minimum Gasteiger partial charge on any atom is -0.466 e. The summed E-state index contributed by atoms with van der Waals surface area (Å²) in [5.74, 6) is -2.03. The maximum absolute atomic E-state index is 12.3. The molecule has 2 aliphatic rings. The largest absolute Gasteiger partial charge is 0.466 e. The molecule has 0 unspecified atom stereocenters. The maximum atomic E-state index is 12.3. The molecule has 0 spiro atoms. The Labute approximate surface area is 123 Å². The lowest BCUT2D eigenvalue weighted by atomic mass is 9.76. The van der Waals surface area contributed by atoms with Gasteiger partial charge in [0, 0.05) is 0 Å². The first-order chi connectivity index (χ1) is 10.2. The van der Waals surface area contributed by atoms with Crippen LogP contribution in [0.2, 0.25) is 0 Å². The first-order valence-electron chi connectivity index (χ1n) is 7.26. The van der Waals surface area contributed by atoms with Gasteiger partial charge in [0.15, 0.2) is 0 Å². The van der Waals surface area contributed by atoms with E-state index in [-0.39, 0.29) is 13.2 Å². The second kappa shape index (κ2) is 5.48. The van der Waals surface area contributed by atoms with Crippen LogP contribution in [0.15, 0.2) is 24.3 Å². The van der Waals surface area contributed by atoms with E-state index in [1.165, 1.54) is 0 Å². The number of carbonyl (C=O) groups is 2. The van der Waals surface area contributed by atoms with Gasteiger partial charge in [0.2, 0.25) is 0 Å². The number of carbonyl (C=O) groups excluding carboxylic acids is 2. The standard InChI is InChI=1S/C16H18O5/c1-3-19-15(17)11-12(16(18)20-4-2)14-10-8-6-5-7-9(10)13(11)21-14/h5-8,11-14H,3-4H2,1-2H3/t11-,12-,13-,14+/m0/s1. The minimum atomic E-state index is -0.621. The maximum Gasteiger partial charge on any atom is 0.312 e. The van der Waals surface area contributed by atoms with Gasteiger partial charge in [-0.05, 0) is 25.0 Å². The van der Waals surface area contributed by atoms with Crippen molar-refractivity contribution in [3.8, 4) is 0 Å². The monoisotopic (exact) mass is 290 g/mol. The van der Waals surface area contributed by atoms with E-state index in [1.807, 2.05) is 24.3 Å². The highest BCUT2D eigenvalue weighted by Crippen LogP contribution is 2.57. The molecule has 2 aliphatic heterocycles. The third-order valence-corrected chi connectivity index (χ3v) is 4.06. The van der Waals surface area contributed by atoms with E-state index in [2.05, 4.69) is 0 Å². The molecular weight excluding hydrogens is 272 g/mol. The molecule has 2 bridgehead atoms. The van der Waals surface area contributed by atoms with Crippen LogP contribution in [-0.4, -0.2) is 25.2 Å². The van der Waals surface area contributed by atoms with Gasteiger partial charge in [-0.3, -0.25) is 9.59 Å². The fraction of sp³-hybridized carbons (Fsp3) is 0.500. The van der Waals surface area contributed by atoms with E-state index < -0.39 is 36.0 Å². The van der Waals surface area contributed by atoms with Crippen LogP contribution in [0, 0.1) is 11.8 Å². The Morgan fingerprint density at radius 3 is 1.76 bits per heavy atom. The van der Waals surface area contributed by atoms with Gasteiger partial charge in [-0.25, -0.2) is 0 Å². The molecule has 1 fully saturated rings. The van der Waals surface area contributed by atoms with Gasteiger partial charge in [-0.1, -0.05) is 24.3 Å². The number of benzene rings is 1. The van der Waals surface area contributed by atoms with Crippen LogP contribution in [0.25, 0.3) is 0 Å². The zero-order chi connectivity index (χ0) is 15.0. The highest BCUT2D eigenvalue weighted by molar-refractivity contribution is 5.85. The molecule has 1 saturated heterocycles. The Morgan fingerprint density at radius 1 is 0.952 bits per heavy atom. The quantitative estimate of drug-likeness (QED) is 0.795. The molecule has 112 valence electrons. The second-order valence-corrected chi connectivity index (χ2v) is 5.16. The van der Waals surface area contributed by atoms with Crippen molar-refractivity contribution >= 4 is 11.9 Å². The van der Waals surface area contributed by atoms with Gasteiger partial charge in [-0.2, -0.15) is 0 Å². The van der Waals surface area contributed by atoms with Crippen molar-refractivity contribution < 1.29 is 23.8 Å². The zero-order valence-corrected chi connectivity index (χ0v) is 12.1. The van der Waals surface area contributed by atoms with Crippen LogP contribution < -0.4 is 0 Å². The summed E-state index contributed by atoms with van der Waals surface area (Å²) in [7, 11) is 0. The Bertz CT molecular complexity index is 519. The number of hydrogen-bond acceptors (Lipinski definition) is 5. The lowest BCUT2D eigenvalue weighted by molar-refractivity contribution is -0.160. The minimum absolute atomic E-state index is 0.282. The SMILES string of the molecule is CCOC(=O)[C@H]1[C@H](C(=O)OCC)[C@H]2O[C@@H]1c1ccccc12. The lowest BCUT2D eigenvalue weighted by Gasteiger charge is -2.26. The summed E-state index contributed by atoms with van der Waals surface area (Å²) >= 11 is 0. The van der Waals surface area contributed by atoms with Crippen LogP contribution in [0.3, 0.4) is 0 Å². The lowest BCUT2D eigenvalue weighted by Crippen LogP contribution is -2.36. The number of hydrogen-bond donors (Lipinski definition) is 0. The Balaban J connectivity index is 1.98. The van der Waals surface area contributed by atoms with E-state index in [1.54, 1.807) is 13.8 Å². The van der Waals surface area contributed by atoms with Crippen LogP contribution in [0.5, 0.6) is 0 Å². The molecule has 0 aromatic heterocycles. The fourth-order valence-electron chi connectivity index (χ4n) is 3.28. The Morgan fingerprint density at radius 2 is 1.38 bits per heavy atom. The van der Waals surface area contributed by atoms with Crippen molar-refractivity contribution in [3.63, 3.8) is 0 Å². The van der Waals surface area contributed by atoms with Gasteiger partial charge in [0.25, 0.3) is 0 Å². The fourth-order valence-corrected chi connectivity index (χ4v) is 3.28. The molecular formula is C16H18O5. The Kier molecular flexibility index (Phi) is 3.68. The summed E-state index contributed by atoms with van der Waals surface area (Å²) in [6.45, 7) is 4.06. The normalized spacial score (nSPS) is 29.0. The van der Waals surface area contributed by atoms with Crippen molar-refractivity contribution in [2.24, 2.45) is 11.8 Å². The van der Waals surface area contributed by atoms with Crippen molar-refractivity contribution in [2.75, 3.05) is 13.2 Å². The van der Waals surface area contributed by atoms with Crippen molar-refractivity contribution in [2.45, 2.75) is 26.1 Å². The first-order valence-corrected chi connectivity index (χ1v) is 7.26. The number of fused-ring (bicyclic) bond motifs is 5. The van der Waals surface area contributed by atoms with E-state index in [0.29, 0.717) is 0 Å². The topological polar surface area (TPSA) is 61.8 Å². The van der Waals surface area contributed by atoms with Gasteiger partial charge in [0.05, 0.1) is 25.4 Å². The molecule has 0 N–H and O–H groups in total. The van der Waals surface area contributed by atoms with E-state index in [4.69, 9.17) is 14.2 Å². The van der Waals surface area contributed by atoms with E-state index in [9.17, 15) is 9.59 Å². The van der Waals surface area contributed by atoms with Crippen LogP contribution in [0.4, 0.5) is 0 Å². The van der Waals surface area contributed by atoms with Crippen molar-refractivity contribution in [3.05, 3.63) is 35.4 Å². The first kappa shape index (κ1) is 14.1. The summed E-state index contributed by atoms with van der Waals surface area (Å²) in [6, 6.07) is 7.69. The second-order valence-electron chi connectivity index (χ2n) is 5.16. The van der Waals surface area contributed by atoms with Gasteiger partial charge in [-0.15, -0.1) is 0 Å². The van der Waals surface area contributed by atoms with Crippen molar-refractivity contribution in [1.82, 2.24) is 0 Å². The van der Waals surface area contributed by atoms with Gasteiger partial charge in [0.1, 0.15) is 11.8 Å². The predicted octanol–water partition coefficient (Wildman–Crippen LogP) is 2.17. The number of rotatable bonds is 4. The molecule has 0 radical (unpaired) electrons. The predicted molar refractivity (Wildman–Crippen MR) is 73.3 cm³/mol. The van der Waals surface area contributed by atoms with Crippen LogP contribution in [0.1, 0.15) is 37.2 Å². The molecule has 0 saturated carbocycles. The van der Waals surface area contributed by atoms with Gasteiger partial charge >= 0.3 is 11.9 Å². The molecule has 0 aliphatic carbocycles. The average Bonchev–Trinajstić information content (AvgIpc) is 3.04. The third kappa shape index (κ3) is 2.12. The molecule has 21 heavy (non-hydrogen) atoms. The zero-order valence-electron chi connectivity index (χ0n) is 12.1. The molecule has 2 heterocycles. The third-order valence-electron chi connectivity index (χ3n) is 4.06. The average molecular weight is 290 g/mol. The number of esters is 2. The van der Waals surface area contributed by atoms with Crippen LogP contribution in [-0.2, 0) is 23.8 Å². The summed E-state index contributed by atoms with van der Waals surface area (Å²) in [5, 5.41) is 0. The highest BCUT2D eigenvalue weighted by atomic mass is 16.6. The summed E-state index contributed by atoms with van der Waals surface area (Å²) < 4.78 is 16.2. The molecule has 5 nitrogen and oxygen atoms in total. The van der Waals surface area contributed by atoms with Crippen molar-refractivity contribution in [1.29, 1.82) is 0 Å². The molecule has 3 rings (SSSR count). The van der Waals surface area contributed by atoms with E-state index in [0.717, 1.165) is 11.1 Å². The smallest absolute Gasteiger partial charge is 0.312 e. The summed E-state index contributed by atoms with van der Waals surface area (Å²) in [4.78, 5) is 24.5. The van der Waals surface area contributed by atoms with Crippen LogP contribution >= 0.6 is 0 Å². The summed E-state index contributed by atoms with van der Waals surface area (Å²) in [5.41, 5.74) is 1.95. The molecule has 1 aromatic rings. The highest BCUT2D eigenvalue weighted by Gasteiger charge is 2.59. The summed E-state index contributed by atoms with van der Waals surface area (Å²) in [6.07, 6.45) is -0.834. The molecule has 0 amide bonds. The number of ether oxygens (including phenoxy) is 3. The molecule has 4 atom stereocenters. The van der Waals surface area contributed by atoms with E-state index >= 15 is 0 Å². The Hall–Kier alpha value is -1.88.